The fraction of sp³-hybridized carbons (Fsp3) is 0.364. The molecule has 0 radical (unpaired) electrons. The normalized spacial score (nSPS) is 14.3. The van der Waals surface area contributed by atoms with Gasteiger partial charge >= 0.3 is 0 Å². The number of nitrogens with one attached hydrogen (secondary N) is 1. The number of phenolic OH excluding ortho intramolecular Hbond substituents is 2. The Kier molecular flexibility index (Phi) is 5.76. The third kappa shape index (κ3) is 4.18. The summed E-state index contributed by atoms with van der Waals surface area (Å²) in [7, 11) is 0. The largest absolute Gasteiger partial charge is 0.508 e. The topological polar surface area (TPSA) is 95.7 Å². The molecule has 30 heavy (non-hydrogen) atoms. The van der Waals surface area contributed by atoms with E-state index in [0.717, 1.165) is 37.4 Å². The van der Waals surface area contributed by atoms with Crippen molar-refractivity contribution in [1.82, 2.24) is 15.0 Å². The molecule has 1 saturated heterocycles. The Hall–Kier alpha value is -3.26. The van der Waals surface area contributed by atoms with Crippen LogP contribution in [0.15, 0.2) is 42.6 Å². The fourth-order valence-electron chi connectivity index (χ4n) is 3.59. The molecule has 0 spiro atoms. The summed E-state index contributed by atoms with van der Waals surface area (Å²) in [4.78, 5) is 2.32. The summed E-state index contributed by atoms with van der Waals surface area (Å²) < 4.78 is 6.95. The second-order valence-electron chi connectivity index (χ2n) is 7.70. The average molecular weight is 409 g/mol. The van der Waals surface area contributed by atoms with Gasteiger partial charge in [-0.1, -0.05) is 31.2 Å². The van der Waals surface area contributed by atoms with Crippen molar-refractivity contribution in [2.45, 2.75) is 26.3 Å². The average Bonchev–Trinajstić information content (AvgIpc) is 3.21. The van der Waals surface area contributed by atoms with Gasteiger partial charge in [-0.15, -0.1) is 5.10 Å². The highest BCUT2D eigenvalue weighted by molar-refractivity contribution is 5.57. The van der Waals surface area contributed by atoms with E-state index in [9.17, 15) is 10.2 Å². The van der Waals surface area contributed by atoms with E-state index in [-0.39, 0.29) is 17.4 Å². The SMILES string of the molecule is CC(C)c1cc(-n2nncc2NCc2ccc(N3CCOCC3)cc2)c(O)cc1O. The number of morpholine rings is 1. The Bertz CT molecular complexity index is 995. The lowest BCUT2D eigenvalue weighted by molar-refractivity contribution is 0.122. The molecule has 2 aromatic carbocycles. The van der Waals surface area contributed by atoms with Crippen molar-refractivity contribution in [1.29, 1.82) is 0 Å². The minimum absolute atomic E-state index is 0.0553. The molecule has 1 fully saturated rings. The van der Waals surface area contributed by atoms with Crippen LogP contribution >= 0.6 is 0 Å². The van der Waals surface area contributed by atoms with Crippen molar-refractivity contribution in [3.05, 3.63) is 53.7 Å². The van der Waals surface area contributed by atoms with Crippen molar-refractivity contribution >= 4 is 11.5 Å². The molecule has 1 aromatic heterocycles. The lowest BCUT2D eigenvalue weighted by atomic mass is 10.0. The van der Waals surface area contributed by atoms with Crippen LogP contribution in [-0.2, 0) is 11.3 Å². The molecule has 158 valence electrons. The molecule has 1 aliphatic rings. The molecule has 0 unspecified atom stereocenters. The molecule has 3 aromatic rings. The van der Waals surface area contributed by atoms with Crippen molar-refractivity contribution in [3.8, 4) is 17.2 Å². The van der Waals surface area contributed by atoms with Gasteiger partial charge in [0.15, 0.2) is 5.82 Å². The highest BCUT2D eigenvalue weighted by Gasteiger charge is 2.16. The molecule has 0 bridgehead atoms. The number of rotatable bonds is 6. The molecule has 4 rings (SSSR count). The number of nitrogens with zero attached hydrogens (tertiary/aromatic N) is 4. The first kappa shape index (κ1) is 20.0. The fourth-order valence-corrected chi connectivity index (χ4v) is 3.59. The number of anilines is 2. The Morgan fingerprint density at radius 2 is 1.80 bits per heavy atom. The van der Waals surface area contributed by atoms with Gasteiger partial charge in [-0.2, -0.15) is 4.68 Å². The molecular formula is C22H27N5O3. The van der Waals surface area contributed by atoms with Crippen LogP contribution < -0.4 is 10.2 Å². The predicted octanol–water partition coefficient (Wildman–Crippen LogP) is 3.25. The van der Waals surface area contributed by atoms with Gasteiger partial charge in [0.2, 0.25) is 0 Å². The zero-order valence-corrected chi connectivity index (χ0v) is 17.2. The number of ether oxygens (including phenoxy) is 1. The van der Waals surface area contributed by atoms with Gasteiger partial charge in [-0.3, -0.25) is 0 Å². The van der Waals surface area contributed by atoms with Crippen LogP contribution in [0.5, 0.6) is 11.5 Å². The first-order valence-corrected chi connectivity index (χ1v) is 10.2. The standard InChI is InChI=1S/C22H27N5O3/c1-15(2)18-11-19(21(29)12-20(18)28)27-22(14-24-25-27)23-13-16-3-5-17(6-4-16)26-7-9-30-10-8-26/h3-6,11-12,14-15,23,28-29H,7-10,13H2,1-2H3. The Morgan fingerprint density at radius 1 is 1.07 bits per heavy atom. The summed E-state index contributed by atoms with van der Waals surface area (Å²) in [6.07, 6.45) is 1.61. The number of aromatic nitrogens is 3. The molecule has 3 N–H and O–H groups in total. The van der Waals surface area contributed by atoms with E-state index in [1.54, 1.807) is 16.9 Å². The molecule has 0 atom stereocenters. The van der Waals surface area contributed by atoms with Crippen molar-refractivity contribution in [2.24, 2.45) is 0 Å². The van der Waals surface area contributed by atoms with Gasteiger partial charge in [0.25, 0.3) is 0 Å². The zero-order chi connectivity index (χ0) is 21.1. The van der Waals surface area contributed by atoms with Crippen molar-refractivity contribution in [2.75, 3.05) is 36.5 Å². The zero-order valence-electron chi connectivity index (χ0n) is 17.2. The van der Waals surface area contributed by atoms with Crippen molar-refractivity contribution < 1.29 is 14.9 Å². The minimum atomic E-state index is -0.0553. The van der Waals surface area contributed by atoms with E-state index in [1.807, 2.05) is 13.8 Å². The Labute approximate surface area is 175 Å². The van der Waals surface area contributed by atoms with Gasteiger partial charge < -0.3 is 25.2 Å². The molecule has 8 nitrogen and oxygen atoms in total. The monoisotopic (exact) mass is 409 g/mol. The second-order valence-corrected chi connectivity index (χ2v) is 7.70. The summed E-state index contributed by atoms with van der Waals surface area (Å²) in [6.45, 7) is 7.92. The summed E-state index contributed by atoms with van der Waals surface area (Å²) in [6, 6.07) is 11.5. The van der Waals surface area contributed by atoms with Gasteiger partial charge in [-0.05, 0) is 35.2 Å². The predicted molar refractivity (Wildman–Crippen MR) is 116 cm³/mol. The van der Waals surface area contributed by atoms with E-state index in [1.165, 1.54) is 11.8 Å². The summed E-state index contributed by atoms with van der Waals surface area (Å²) >= 11 is 0. The van der Waals surface area contributed by atoms with Crippen LogP contribution in [0.25, 0.3) is 5.69 Å². The first-order chi connectivity index (χ1) is 14.5. The highest BCUT2D eigenvalue weighted by Crippen LogP contribution is 2.35. The van der Waals surface area contributed by atoms with Crippen LogP contribution in [0.1, 0.15) is 30.9 Å². The Balaban J connectivity index is 1.49. The van der Waals surface area contributed by atoms with Crippen LogP contribution in [0.2, 0.25) is 0 Å². The second kappa shape index (κ2) is 8.62. The summed E-state index contributed by atoms with van der Waals surface area (Å²) in [5.74, 6) is 0.777. The maximum Gasteiger partial charge on any atom is 0.150 e. The highest BCUT2D eigenvalue weighted by atomic mass is 16.5. The molecule has 1 aliphatic heterocycles. The number of phenols is 2. The van der Waals surface area contributed by atoms with E-state index in [2.05, 4.69) is 44.8 Å². The number of hydrogen-bond acceptors (Lipinski definition) is 7. The van der Waals surface area contributed by atoms with E-state index >= 15 is 0 Å². The van der Waals surface area contributed by atoms with Crippen LogP contribution in [0.4, 0.5) is 11.5 Å². The molecule has 8 heteroatoms. The minimum Gasteiger partial charge on any atom is -0.508 e. The van der Waals surface area contributed by atoms with Gasteiger partial charge in [0.05, 0.1) is 19.4 Å². The lowest BCUT2D eigenvalue weighted by Gasteiger charge is -2.28. The van der Waals surface area contributed by atoms with Gasteiger partial charge in [0, 0.05) is 31.4 Å². The Morgan fingerprint density at radius 3 is 2.50 bits per heavy atom. The van der Waals surface area contributed by atoms with Gasteiger partial charge in [0.1, 0.15) is 17.2 Å². The third-order valence-electron chi connectivity index (χ3n) is 5.31. The number of aromatic hydroxyl groups is 2. The van der Waals surface area contributed by atoms with Gasteiger partial charge in [-0.25, -0.2) is 0 Å². The lowest BCUT2D eigenvalue weighted by Crippen LogP contribution is -2.36. The van der Waals surface area contributed by atoms with Crippen LogP contribution in [0.3, 0.4) is 0 Å². The molecular weight excluding hydrogens is 382 g/mol. The molecule has 0 saturated carbocycles. The summed E-state index contributed by atoms with van der Waals surface area (Å²) in [5.41, 5.74) is 3.53. The number of benzene rings is 2. The smallest absolute Gasteiger partial charge is 0.150 e. The molecule has 2 heterocycles. The molecule has 0 amide bonds. The van der Waals surface area contributed by atoms with E-state index < -0.39 is 0 Å². The maximum atomic E-state index is 10.3. The van der Waals surface area contributed by atoms with E-state index in [0.29, 0.717) is 18.1 Å². The molecule has 0 aliphatic carbocycles. The number of hydrogen-bond donors (Lipinski definition) is 3. The maximum absolute atomic E-state index is 10.3. The third-order valence-corrected chi connectivity index (χ3v) is 5.31. The van der Waals surface area contributed by atoms with Crippen LogP contribution in [-0.4, -0.2) is 51.5 Å². The quantitative estimate of drug-likeness (QED) is 0.575. The first-order valence-electron chi connectivity index (χ1n) is 10.2. The van der Waals surface area contributed by atoms with Crippen LogP contribution in [0, 0.1) is 0 Å². The van der Waals surface area contributed by atoms with Crippen molar-refractivity contribution in [3.63, 3.8) is 0 Å². The summed E-state index contributed by atoms with van der Waals surface area (Å²) in [5, 5.41) is 31.9. The van der Waals surface area contributed by atoms with E-state index in [4.69, 9.17) is 4.74 Å².